The van der Waals surface area contributed by atoms with E-state index >= 15 is 0 Å². The lowest BCUT2D eigenvalue weighted by molar-refractivity contribution is -0.125. The Labute approximate surface area is 90.4 Å². The first-order chi connectivity index (χ1) is 7.08. The smallest absolute Gasteiger partial charge is 0.183 e. The molecule has 0 amide bonds. The quantitative estimate of drug-likeness (QED) is 0.706. The lowest BCUT2D eigenvalue weighted by Gasteiger charge is -2.18. The van der Waals surface area contributed by atoms with Crippen LogP contribution in [0.2, 0.25) is 0 Å². The number of Topliss-reactive ketones (excluding diaryl/α,β-unsaturated/α-hetero) is 1. The summed E-state index contributed by atoms with van der Waals surface area (Å²) < 4.78 is 5.14. The van der Waals surface area contributed by atoms with Crippen molar-refractivity contribution in [1.29, 1.82) is 0 Å². The summed E-state index contributed by atoms with van der Waals surface area (Å²) in [6.45, 7) is 2.41. The van der Waals surface area contributed by atoms with Gasteiger partial charge in [-0.25, -0.2) is 0 Å². The van der Waals surface area contributed by atoms with Crippen molar-refractivity contribution in [2.75, 3.05) is 6.61 Å². The molecule has 84 valence electrons. The second kappa shape index (κ2) is 3.05. The molecule has 3 fully saturated rings. The van der Waals surface area contributed by atoms with E-state index in [2.05, 4.69) is 0 Å². The summed E-state index contributed by atoms with van der Waals surface area (Å²) in [5.74, 6) is 2.77. The lowest BCUT2D eigenvalue weighted by Crippen LogP contribution is -2.40. The summed E-state index contributed by atoms with van der Waals surface area (Å²) in [5.41, 5.74) is 5.43. The fraction of sp³-hybridized carbons (Fsp3) is 0.917. The number of rotatable bonds is 4. The first-order valence-corrected chi connectivity index (χ1v) is 6.02. The molecule has 1 heterocycles. The Balaban J connectivity index is 1.52. The van der Waals surface area contributed by atoms with Crippen molar-refractivity contribution in [3.63, 3.8) is 0 Å². The maximum atomic E-state index is 11.9. The third-order valence-electron chi connectivity index (χ3n) is 4.36. The molecule has 2 aliphatic carbocycles. The van der Waals surface area contributed by atoms with Gasteiger partial charge in [-0.05, 0) is 50.4 Å². The SMILES string of the molecule is C[C@]1(C(=O)[C@@H](N)C[C@@H]2C[C@@H]3C[C@@H]3C2)CO1. The van der Waals surface area contributed by atoms with E-state index in [0.717, 1.165) is 18.3 Å². The number of ketones is 1. The van der Waals surface area contributed by atoms with Gasteiger partial charge in [0.15, 0.2) is 5.78 Å². The van der Waals surface area contributed by atoms with Crippen molar-refractivity contribution in [3.8, 4) is 0 Å². The van der Waals surface area contributed by atoms with Crippen molar-refractivity contribution in [2.24, 2.45) is 23.5 Å². The Morgan fingerprint density at radius 1 is 1.47 bits per heavy atom. The number of ether oxygens (including phenoxy) is 1. The molecule has 0 aromatic carbocycles. The van der Waals surface area contributed by atoms with Gasteiger partial charge in [-0.15, -0.1) is 0 Å². The highest BCUT2D eigenvalue weighted by molar-refractivity contribution is 5.93. The maximum Gasteiger partial charge on any atom is 0.183 e. The lowest BCUT2D eigenvalue weighted by atomic mass is 9.90. The highest BCUT2D eigenvalue weighted by Crippen LogP contribution is 2.55. The van der Waals surface area contributed by atoms with Crippen LogP contribution in [-0.4, -0.2) is 24.0 Å². The zero-order chi connectivity index (χ0) is 10.6. The van der Waals surface area contributed by atoms with Crippen LogP contribution < -0.4 is 5.73 Å². The molecule has 2 N–H and O–H groups in total. The van der Waals surface area contributed by atoms with Gasteiger partial charge in [0.25, 0.3) is 0 Å². The van der Waals surface area contributed by atoms with Gasteiger partial charge >= 0.3 is 0 Å². The summed E-state index contributed by atoms with van der Waals surface area (Å²) in [4.78, 5) is 11.9. The number of carbonyl (C=O) groups is 1. The van der Waals surface area contributed by atoms with Crippen LogP contribution in [0.3, 0.4) is 0 Å². The predicted molar refractivity (Wildman–Crippen MR) is 56.3 cm³/mol. The molecule has 0 aromatic rings. The Bertz CT molecular complexity index is 288. The summed E-state index contributed by atoms with van der Waals surface area (Å²) >= 11 is 0. The number of carbonyl (C=O) groups excluding carboxylic acids is 1. The molecule has 0 unspecified atom stereocenters. The largest absolute Gasteiger partial charge is 0.362 e. The van der Waals surface area contributed by atoms with Crippen LogP contribution in [0.5, 0.6) is 0 Å². The van der Waals surface area contributed by atoms with E-state index in [1.54, 1.807) is 0 Å². The van der Waals surface area contributed by atoms with Crippen LogP contribution in [0.1, 0.15) is 32.6 Å². The molecule has 1 aliphatic heterocycles. The molecule has 0 aromatic heterocycles. The monoisotopic (exact) mass is 209 g/mol. The molecule has 1 saturated heterocycles. The molecule has 3 heteroatoms. The topological polar surface area (TPSA) is 55.6 Å². The van der Waals surface area contributed by atoms with Crippen molar-refractivity contribution in [3.05, 3.63) is 0 Å². The van der Waals surface area contributed by atoms with E-state index in [0.29, 0.717) is 12.5 Å². The number of epoxide rings is 1. The zero-order valence-corrected chi connectivity index (χ0v) is 9.24. The molecule has 0 spiro atoms. The fourth-order valence-corrected chi connectivity index (χ4v) is 3.14. The third-order valence-corrected chi connectivity index (χ3v) is 4.36. The van der Waals surface area contributed by atoms with E-state index in [1.165, 1.54) is 19.3 Å². The average molecular weight is 209 g/mol. The molecule has 3 aliphatic rings. The zero-order valence-electron chi connectivity index (χ0n) is 9.24. The molecule has 3 nitrogen and oxygen atoms in total. The van der Waals surface area contributed by atoms with Crippen LogP contribution in [0.15, 0.2) is 0 Å². The second-order valence-corrected chi connectivity index (χ2v) is 5.82. The average Bonchev–Trinajstić information content (AvgIpc) is 3.08. The molecule has 0 radical (unpaired) electrons. The fourth-order valence-electron chi connectivity index (χ4n) is 3.14. The van der Waals surface area contributed by atoms with Crippen LogP contribution in [0.25, 0.3) is 0 Å². The second-order valence-electron chi connectivity index (χ2n) is 5.82. The minimum absolute atomic E-state index is 0.114. The summed E-state index contributed by atoms with van der Waals surface area (Å²) in [6.07, 6.45) is 4.93. The van der Waals surface area contributed by atoms with Gasteiger partial charge in [0.1, 0.15) is 5.60 Å². The molecular weight excluding hydrogens is 190 g/mol. The van der Waals surface area contributed by atoms with Crippen molar-refractivity contribution in [2.45, 2.75) is 44.2 Å². The minimum Gasteiger partial charge on any atom is -0.362 e. The first kappa shape index (κ1) is 9.79. The summed E-state index contributed by atoms with van der Waals surface area (Å²) in [7, 11) is 0. The normalized spacial score (nSPS) is 48.5. The van der Waals surface area contributed by atoms with Gasteiger partial charge in [0.2, 0.25) is 0 Å². The van der Waals surface area contributed by atoms with Gasteiger partial charge in [0, 0.05) is 0 Å². The molecule has 15 heavy (non-hydrogen) atoms. The summed E-state index contributed by atoms with van der Waals surface area (Å²) in [5, 5.41) is 0. The van der Waals surface area contributed by atoms with E-state index in [1.807, 2.05) is 6.92 Å². The molecular formula is C12H19NO2. The van der Waals surface area contributed by atoms with Crippen LogP contribution in [0.4, 0.5) is 0 Å². The van der Waals surface area contributed by atoms with Crippen molar-refractivity contribution in [1.82, 2.24) is 0 Å². The van der Waals surface area contributed by atoms with Gasteiger partial charge in [-0.3, -0.25) is 4.79 Å². The number of nitrogens with two attached hydrogens (primary N) is 1. The van der Waals surface area contributed by atoms with Crippen LogP contribution in [-0.2, 0) is 9.53 Å². The number of hydrogen-bond acceptors (Lipinski definition) is 3. The van der Waals surface area contributed by atoms with E-state index in [9.17, 15) is 4.79 Å². The molecule has 2 saturated carbocycles. The van der Waals surface area contributed by atoms with Crippen LogP contribution >= 0.6 is 0 Å². The van der Waals surface area contributed by atoms with Crippen molar-refractivity contribution < 1.29 is 9.53 Å². The standard InChI is InChI=1S/C12H19NO2/c1-12(6-15-12)11(14)10(13)4-7-2-8-5-9(8)3-7/h7-10H,2-6,13H2,1H3/t7-,8-,9+,10-,12+/m0/s1. The van der Waals surface area contributed by atoms with Gasteiger partial charge in [0.05, 0.1) is 12.6 Å². The Kier molecular flexibility index (Phi) is 1.99. The van der Waals surface area contributed by atoms with E-state index in [4.69, 9.17) is 10.5 Å². The third kappa shape index (κ3) is 1.72. The Hall–Kier alpha value is -0.410. The molecule has 3 rings (SSSR count). The highest BCUT2D eigenvalue weighted by Gasteiger charge is 2.51. The number of hydrogen-bond donors (Lipinski definition) is 1. The van der Waals surface area contributed by atoms with Gasteiger partial charge in [-0.2, -0.15) is 0 Å². The predicted octanol–water partition coefficient (Wildman–Crippen LogP) is 1.11. The van der Waals surface area contributed by atoms with E-state index in [-0.39, 0.29) is 11.8 Å². The van der Waals surface area contributed by atoms with Crippen LogP contribution in [0, 0.1) is 17.8 Å². The minimum atomic E-state index is -0.527. The van der Waals surface area contributed by atoms with Gasteiger partial charge in [-0.1, -0.05) is 0 Å². The highest BCUT2D eigenvalue weighted by atomic mass is 16.6. The van der Waals surface area contributed by atoms with Crippen molar-refractivity contribution >= 4 is 5.78 Å². The van der Waals surface area contributed by atoms with Gasteiger partial charge < -0.3 is 10.5 Å². The van der Waals surface area contributed by atoms with E-state index < -0.39 is 5.60 Å². The Morgan fingerprint density at radius 3 is 2.60 bits per heavy atom. The maximum absolute atomic E-state index is 11.9. The summed E-state index contributed by atoms with van der Waals surface area (Å²) in [6, 6.07) is -0.292. The molecule has 0 bridgehead atoms. The first-order valence-electron chi connectivity index (χ1n) is 6.02. The number of fused-ring (bicyclic) bond motifs is 1. The Morgan fingerprint density at radius 2 is 2.07 bits per heavy atom. The molecule has 5 atom stereocenters.